The molecule has 2 heterocycles. The number of hydrogen-bond acceptors (Lipinski definition) is 4. The molecule has 3 rings (SSSR count). The summed E-state index contributed by atoms with van der Waals surface area (Å²) in [4.78, 5) is 29.3. The van der Waals surface area contributed by atoms with Crippen molar-refractivity contribution in [2.24, 2.45) is 0 Å². The average molecular weight is 434 g/mol. The van der Waals surface area contributed by atoms with Gasteiger partial charge >= 0.3 is 11.7 Å². The molecule has 0 aliphatic heterocycles. The fourth-order valence-electron chi connectivity index (χ4n) is 2.87. The van der Waals surface area contributed by atoms with E-state index in [4.69, 9.17) is 4.74 Å². The number of carbonyl (C=O) groups is 1. The fraction of sp³-hybridized carbons (Fsp3) is 0.350. The van der Waals surface area contributed by atoms with E-state index in [0.717, 1.165) is 21.2 Å². The highest BCUT2D eigenvalue weighted by Gasteiger charge is 2.19. The number of nitrogens with zero attached hydrogens (tertiary/aromatic N) is 3. The Morgan fingerprint density at radius 3 is 2.56 bits per heavy atom. The summed E-state index contributed by atoms with van der Waals surface area (Å²) in [6.07, 6.45) is 1.64. The Morgan fingerprint density at radius 2 is 1.93 bits per heavy atom. The van der Waals surface area contributed by atoms with E-state index in [1.807, 2.05) is 52.0 Å². The predicted molar refractivity (Wildman–Crippen MR) is 110 cm³/mol. The van der Waals surface area contributed by atoms with Crippen LogP contribution >= 0.6 is 15.9 Å². The summed E-state index contributed by atoms with van der Waals surface area (Å²) < 4.78 is 8.77. The van der Waals surface area contributed by atoms with Crippen LogP contribution in [0.3, 0.4) is 0 Å². The number of rotatable bonds is 4. The molecule has 0 atom stereocenters. The summed E-state index contributed by atoms with van der Waals surface area (Å²) in [5.41, 5.74) is 3.69. The first-order valence-corrected chi connectivity index (χ1v) is 9.72. The van der Waals surface area contributed by atoms with Crippen LogP contribution in [0.25, 0.3) is 16.7 Å². The number of halogens is 1. The lowest BCUT2D eigenvalue weighted by atomic mass is 10.2. The van der Waals surface area contributed by atoms with Crippen molar-refractivity contribution >= 4 is 32.9 Å². The summed E-state index contributed by atoms with van der Waals surface area (Å²) in [6, 6.07) is 7.53. The average Bonchev–Trinajstić information content (AvgIpc) is 2.93. The number of esters is 1. The molecule has 0 fully saturated rings. The Bertz CT molecular complexity index is 1020. The van der Waals surface area contributed by atoms with Crippen LogP contribution in [0.5, 0.6) is 0 Å². The lowest BCUT2D eigenvalue weighted by Crippen LogP contribution is -2.27. The first-order chi connectivity index (χ1) is 12.9. The van der Waals surface area contributed by atoms with Crippen molar-refractivity contribution in [3.05, 3.63) is 56.7 Å². The summed E-state index contributed by atoms with van der Waals surface area (Å²) >= 11 is 3.37. The van der Waals surface area contributed by atoms with Gasteiger partial charge in [0, 0.05) is 0 Å². The molecule has 0 unspecified atom stereocenters. The number of para-hydroxylation sites is 1. The monoisotopic (exact) mass is 433 g/mol. The van der Waals surface area contributed by atoms with Crippen molar-refractivity contribution in [3.63, 3.8) is 0 Å². The summed E-state index contributed by atoms with van der Waals surface area (Å²) in [7, 11) is 0. The highest BCUT2D eigenvalue weighted by Crippen LogP contribution is 2.23. The number of pyridine rings is 1. The highest BCUT2D eigenvalue weighted by molar-refractivity contribution is 9.10. The van der Waals surface area contributed by atoms with E-state index in [-0.39, 0.29) is 18.8 Å². The molecule has 0 saturated heterocycles. The van der Waals surface area contributed by atoms with Gasteiger partial charge in [0.25, 0.3) is 0 Å². The third-order valence-corrected chi connectivity index (χ3v) is 4.83. The lowest BCUT2D eigenvalue weighted by Gasteiger charge is -2.06. The van der Waals surface area contributed by atoms with Gasteiger partial charge in [0.15, 0.2) is 0 Å². The maximum Gasteiger partial charge on any atom is 0.334 e. The fourth-order valence-corrected chi connectivity index (χ4v) is 3.08. The van der Waals surface area contributed by atoms with Crippen molar-refractivity contribution in [3.8, 4) is 5.69 Å². The minimum absolute atomic E-state index is 0.122. The second kappa shape index (κ2) is 8.99. The lowest BCUT2D eigenvalue weighted by molar-refractivity contribution is -0.143. The van der Waals surface area contributed by atoms with Gasteiger partial charge in [-0.2, -0.15) is 0 Å². The van der Waals surface area contributed by atoms with E-state index in [9.17, 15) is 9.59 Å². The summed E-state index contributed by atoms with van der Waals surface area (Å²) in [5.74, 6) is -0.435. The number of hydrogen-bond donors (Lipinski definition) is 0. The molecule has 27 heavy (non-hydrogen) atoms. The van der Waals surface area contributed by atoms with E-state index in [1.165, 1.54) is 4.57 Å². The Balaban J connectivity index is 0.00000126. The van der Waals surface area contributed by atoms with Gasteiger partial charge in [0.1, 0.15) is 11.1 Å². The van der Waals surface area contributed by atoms with Crippen molar-refractivity contribution in [1.29, 1.82) is 0 Å². The predicted octanol–water partition coefficient (Wildman–Crippen LogP) is 4.16. The van der Waals surface area contributed by atoms with Gasteiger partial charge in [-0.15, -0.1) is 0 Å². The maximum atomic E-state index is 13.1. The zero-order chi connectivity index (χ0) is 20.1. The van der Waals surface area contributed by atoms with Gasteiger partial charge in [-0.1, -0.05) is 26.0 Å². The number of aromatic nitrogens is 3. The van der Waals surface area contributed by atoms with Gasteiger partial charge in [-0.05, 0) is 60.0 Å². The Kier molecular flexibility index (Phi) is 6.96. The molecule has 7 heteroatoms. The molecule has 0 bridgehead atoms. The van der Waals surface area contributed by atoms with Gasteiger partial charge < -0.3 is 4.74 Å². The molecule has 144 valence electrons. The Morgan fingerprint density at radius 1 is 1.22 bits per heavy atom. The first kappa shape index (κ1) is 20.9. The molecule has 3 aromatic rings. The summed E-state index contributed by atoms with van der Waals surface area (Å²) in [6.45, 7) is 9.75. The van der Waals surface area contributed by atoms with Crippen LogP contribution < -0.4 is 5.69 Å². The maximum absolute atomic E-state index is 13.1. The van der Waals surface area contributed by atoms with E-state index in [1.54, 1.807) is 17.7 Å². The SMILES string of the molecule is CC.CCOC(=O)Cn1c(=O)n(-c2cnc(Br)c(C)c2)c2c(C)cccc21. The minimum atomic E-state index is -0.435. The molecule has 0 aliphatic rings. The number of ether oxygens (including phenoxy) is 1. The highest BCUT2D eigenvalue weighted by atomic mass is 79.9. The largest absolute Gasteiger partial charge is 0.465 e. The summed E-state index contributed by atoms with van der Waals surface area (Å²) in [5, 5.41) is 0. The smallest absolute Gasteiger partial charge is 0.334 e. The molecule has 1 aromatic carbocycles. The molecule has 0 aliphatic carbocycles. The molecular weight excluding hydrogens is 410 g/mol. The van der Waals surface area contributed by atoms with Gasteiger partial charge in [-0.25, -0.2) is 9.78 Å². The van der Waals surface area contributed by atoms with Crippen LogP contribution in [0.15, 0.2) is 39.9 Å². The number of carbonyl (C=O) groups excluding carboxylic acids is 1. The van der Waals surface area contributed by atoms with Gasteiger partial charge in [-0.3, -0.25) is 13.9 Å². The number of fused-ring (bicyclic) bond motifs is 1. The second-order valence-electron chi connectivity index (χ2n) is 5.75. The zero-order valence-electron chi connectivity index (χ0n) is 16.2. The number of benzene rings is 1. The molecule has 2 aromatic heterocycles. The third-order valence-electron chi connectivity index (χ3n) is 4.00. The van der Waals surface area contributed by atoms with E-state index >= 15 is 0 Å². The van der Waals surface area contributed by atoms with Crippen LogP contribution in [0.2, 0.25) is 0 Å². The topological polar surface area (TPSA) is 66.1 Å². The molecule has 0 spiro atoms. The van der Waals surface area contributed by atoms with Crippen LogP contribution in [-0.2, 0) is 16.1 Å². The van der Waals surface area contributed by atoms with Gasteiger partial charge in [0.2, 0.25) is 0 Å². The number of aryl methyl sites for hydroxylation is 2. The standard InChI is InChI=1S/C18H18BrN3O3.C2H6/c1-4-25-15(23)10-21-14-7-5-6-11(2)16(14)22(18(21)24)13-8-12(3)17(19)20-9-13;1-2/h5-9H,4,10H2,1-3H3;1-2H3. The number of imidazole rings is 1. The van der Waals surface area contributed by atoms with Crippen molar-refractivity contribution in [2.45, 2.75) is 41.2 Å². The molecule has 0 amide bonds. The van der Waals surface area contributed by atoms with Crippen LogP contribution in [-0.4, -0.2) is 26.7 Å². The van der Waals surface area contributed by atoms with Crippen molar-refractivity contribution < 1.29 is 9.53 Å². The van der Waals surface area contributed by atoms with Crippen LogP contribution in [0, 0.1) is 13.8 Å². The van der Waals surface area contributed by atoms with Crippen molar-refractivity contribution in [2.75, 3.05) is 6.61 Å². The van der Waals surface area contributed by atoms with Crippen molar-refractivity contribution in [1.82, 2.24) is 14.1 Å². The van der Waals surface area contributed by atoms with Gasteiger partial charge in [0.05, 0.1) is 29.5 Å². The molecule has 6 nitrogen and oxygen atoms in total. The van der Waals surface area contributed by atoms with E-state index < -0.39 is 5.97 Å². The normalized spacial score (nSPS) is 10.4. The Labute approximate surface area is 166 Å². The quantitative estimate of drug-likeness (QED) is 0.457. The van der Waals surface area contributed by atoms with Crippen LogP contribution in [0.1, 0.15) is 31.9 Å². The zero-order valence-corrected chi connectivity index (χ0v) is 17.8. The molecule has 0 N–H and O–H groups in total. The van der Waals surface area contributed by atoms with Crippen LogP contribution in [0.4, 0.5) is 0 Å². The minimum Gasteiger partial charge on any atom is -0.465 e. The Hall–Kier alpha value is -2.41. The van der Waals surface area contributed by atoms with E-state index in [0.29, 0.717) is 11.2 Å². The van der Waals surface area contributed by atoms with E-state index in [2.05, 4.69) is 20.9 Å². The molecule has 0 radical (unpaired) electrons. The molecule has 0 saturated carbocycles. The third kappa shape index (κ3) is 4.13. The molecular formula is C20H24BrN3O3. The second-order valence-corrected chi connectivity index (χ2v) is 6.50. The first-order valence-electron chi connectivity index (χ1n) is 8.93.